The molecule has 1 atom stereocenters. The molecular weight excluding hydrogens is 245 g/mol. The molecule has 0 aromatic heterocycles. The van der Waals surface area contributed by atoms with Gasteiger partial charge in [-0.15, -0.1) is 12.4 Å². The van der Waals surface area contributed by atoms with Gasteiger partial charge in [-0.3, -0.25) is 4.79 Å². The first-order valence-electron chi connectivity index (χ1n) is 5.01. The molecule has 1 aromatic rings. The minimum absolute atomic E-state index is 0. The molecule has 0 saturated heterocycles. The predicted octanol–water partition coefficient (Wildman–Crippen LogP) is 2.06. The molecule has 96 valence electrons. The van der Waals surface area contributed by atoms with E-state index in [0.29, 0.717) is 5.56 Å². The molecule has 0 amide bonds. The summed E-state index contributed by atoms with van der Waals surface area (Å²) in [6.45, 7) is 3.39. The largest absolute Gasteiger partial charge is 0.494 e. The number of ether oxygens (including phenoxy) is 1. The fraction of sp³-hybridized carbons (Fsp3) is 0.417. The number of rotatable bonds is 4. The van der Waals surface area contributed by atoms with E-state index >= 15 is 0 Å². The van der Waals surface area contributed by atoms with E-state index in [0.717, 1.165) is 0 Å². The molecule has 17 heavy (non-hydrogen) atoms. The number of Topliss-reactive ketones (excluding diaryl/α,β-unsaturated/α-hetero) is 1. The van der Waals surface area contributed by atoms with Crippen LogP contribution < -0.4 is 10.5 Å². The second-order valence-electron chi connectivity index (χ2n) is 3.94. The molecule has 1 aromatic carbocycles. The van der Waals surface area contributed by atoms with Gasteiger partial charge in [0.15, 0.2) is 11.6 Å². The highest BCUT2D eigenvalue weighted by molar-refractivity contribution is 5.88. The van der Waals surface area contributed by atoms with Gasteiger partial charge in [0.1, 0.15) is 5.78 Å². The Hall–Kier alpha value is -1.13. The van der Waals surface area contributed by atoms with Crippen LogP contribution in [0.15, 0.2) is 18.2 Å². The van der Waals surface area contributed by atoms with Gasteiger partial charge < -0.3 is 10.5 Å². The molecular formula is C12H17ClFNO2. The molecule has 1 rings (SSSR count). The van der Waals surface area contributed by atoms with E-state index in [1.807, 2.05) is 0 Å². The Balaban J connectivity index is 0.00000256. The van der Waals surface area contributed by atoms with Gasteiger partial charge in [0.05, 0.1) is 12.5 Å². The van der Waals surface area contributed by atoms with Gasteiger partial charge in [0, 0.05) is 6.54 Å². The van der Waals surface area contributed by atoms with Gasteiger partial charge in [-0.1, -0.05) is 6.07 Å². The Labute approximate surface area is 107 Å². The van der Waals surface area contributed by atoms with Crippen LogP contribution >= 0.6 is 12.4 Å². The molecule has 0 fully saturated rings. The molecule has 0 spiro atoms. The molecule has 0 aliphatic rings. The normalized spacial score (nSPS) is 13.5. The summed E-state index contributed by atoms with van der Waals surface area (Å²) in [5, 5.41) is 0. The third-order valence-corrected chi connectivity index (χ3v) is 2.97. The standard InChI is InChI=1S/C12H16FNO2.ClH/c1-8(15)12(2,7-14)9-4-5-10(13)11(6-9)16-3;/h4-6H,7,14H2,1-3H3;1H. The van der Waals surface area contributed by atoms with Crippen molar-refractivity contribution in [1.29, 1.82) is 0 Å². The second-order valence-corrected chi connectivity index (χ2v) is 3.94. The van der Waals surface area contributed by atoms with Crippen LogP contribution in [-0.2, 0) is 10.2 Å². The lowest BCUT2D eigenvalue weighted by atomic mass is 9.79. The zero-order valence-corrected chi connectivity index (χ0v) is 10.9. The summed E-state index contributed by atoms with van der Waals surface area (Å²) in [6.07, 6.45) is 0. The smallest absolute Gasteiger partial charge is 0.165 e. The molecule has 0 bridgehead atoms. The van der Waals surface area contributed by atoms with Crippen LogP contribution in [0.25, 0.3) is 0 Å². The summed E-state index contributed by atoms with van der Waals surface area (Å²) in [6, 6.07) is 4.36. The lowest BCUT2D eigenvalue weighted by Gasteiger charge is -2.25. The summed E-state index contributed by atoms with van der Waals surface area (Å²) in [7, 11) is 1.38. The lowest BCUT2D eigenvalue weighted by molar-refractivity contribution is -0.121. The molecule has 2 N–H and O–H groups in total. The van der Waals surface area contributed by atoms with E-state index in [2.05, 4.69) is 0 Å². The van der Waals surface area contributed by atoms with Crippen molar-refractivity contribution in [2.75, 3.05) is 13.7 Å². The minimum Gasteiger partial charge on any atom is -0.494 e. The summed E-state index contributed by atoms with van der Waals surface area (Å²) < 4.78 is 18.1. The molecule has 0 saturated carbocycles. The third kappa shape index (κ3) is 2.96. The maximum Gasteiger partial charge on any atom is 0.165 e. The molecule has 5 heteroatoms. The third-order valence-electron chi connectivity index (χ3n) is 2.97. The van der Waals surface area contributed by atoms with Crippen LogP contribution in [0.3, 0.4) is 0 Å². The van der Waals surface area contributed by atoms with E-state index in [1.165, 1.54) is 26.2 Å². The minimum atomic E-state index is -0.791. The monoisotopic (exact) mass is 261 g/mol. The summed E-state index contributed by atoms with van der Waals surface area (Å²) in [5.74, 6) is -0.378. The average Bonchev–Trinajstić information content (AvgIpc) is 2.28. The SMILES string of the molecule is COc1cc(C(C)(CN)C(C)=O)ccc1F.Cl. The van der Waals surface area contributed by atoms with E-state index in [-0.39, 0.29) is 30.5 Å². The summed E-state index contributed by atoms with van der Waals surface area (Å²) in [4.78, 5) is 11.6. The Morgan fingerprint density at radius 3 is 2.53 bits per heavy atom. The quantitative estimate of drug-likeness (QED) is 0.903. The highest BCUT2D eigenvalue weighted by Gasteiger charge is 2.31. The molecule has 0 radical (unpaired) electrons. The van der Waals surface area contributed by atoms with E-state index in [9.17, 15) is 9.18 Å². The number of nitrogens with two attached hydrogens (primary N) is 1. The highest BCUT2D eigenvalue weighted by atomic mass is 35.5. The predicted molar refractivity (Wildman–Crippen MR) is 67.3 cm³/mol. The van der Waals surface area contributed by atoms with E-state index in [1.54, 1.807) is 13.0 Å². The van der Waals surface area contributed by atoms with Gasteiger partial charge in [-0.05, 0) is 31.5 Å². The number of carbonyl (C=O) groups is 1. The van der Waals surface area contributed by atoms with Crippen LogP contribution in [0.5, 0.6) is 5.75 Å². The van der Waals surface area contributed by atoms with Crippen molar-refractivity contribution in [3.63, 3.8) is 0 Å². The Kier molecular flexibility index (Phi) is 5.58. The first kappa shape index (κ1) is 15.9. The number of methoxy groups -OCH3 is 1. The van der Waals surface area contributed by atoms with Crippen molar-refractivity contribution in [3.05, 3.63) is 29.6 Å². The molecule has 0 aliphatic heterocycles. The van der Waals surface area contributed by atoms with Gasteiger partial charge in [-0.2, -0.15) is 0 Å². The van der Waals surface area contributed by atoms with Crippen molar-refractivity contribution < 1.29 is 13.9 Å². The number of benzene rings is 1. The topological polar surface area (TPSA) is 52.3 Å². The van der Waals surface area contributed by atoms with Crippen LogP contribution in [-0.4, -0.2) is 19.4 Å². The highest BCUT2D eigenvalue weighted by Crippen LogP contribution is 2.28. The number of carbonyl (C=O) groups excluding carboxylic acids is 1. The van der Waals surface area contributed by atoms with Crippen LogP contribution in [0, 0.1) is 5.82 Å². The first-order chi connectivity index (χ1) is 7.45. The number of hydrogen-bond acceptors (Lipinski definition) is 3. The fourth-order valence-corrected chi connectivity index (χ4v) is 1.47. The van der Waals surface area contributed by atoms with Crippen molar-refractivity contribution in [2.45, 2.75) is 19.3 Å². The number of hydrogen-bond donors (Lipinski definition) is 1. The lowest BCUT2D eigenvalue weighted by Crippen LogP contribution is -2.38. The van der Waals surface area contributed by atoms with Crippen LogP contribution in [0.1, 0.15) is 19.4 Å². The Bertz CT molecular complexity index is 411. The summed E-state index contributed by atoms with van der Waals surface area (Å²) >= 11 is 0. The second kappa shape index (κ2) is 5.98. The average molecular weight is 262 g/mol. The Morgan fingerprint density at radius 2 is 2.12 bits per heavy atom. The van der Waals surface area contributed by atoms with Crippen molar-refractivity contribution >= 4 is 18.2 Å². The number of halogens is 2. The maximum absolute atomic E-state index is 13.2. The zero-order chi connectivity index (χ0) is 12.3. The molecule has 0 aliphatic carbocycles. The van der Waals surface area contributed by atoms with Crippen molar-refractivity contribution in [3.8, 4) is 5.75 Å². The van der Waals surface area contributed by atoms with Crippen LogP contribution in [0.4, 0.5) is 4.39 Å². The zero-order valence-electron chi connectivity index (χ0n) is 10.1. The molecule has 3 nitrogen and oxygen atoms in total. The maximum atomic E-state index is 13.2. The van der Waals surface area contributed by atoms with Gasteiger partial charge in [-0.25, -0.2) is 4.39 Å². The molecule has 1 unspecified atom stereocenters. The van der Waals surface area contributed by atoms with Gasteiger partial charge >= 0.3 is 0 Å². The molecule has 0 heterocycles. The Morgan fingerprint density at radius 1 is 1.53 bits per heavy atom. The fourth-order valence-electron chi connectivity index (χ4n) is 1.47. The first-order valence-corrected chi connectivity index (χ1v) is 5.01. The van der Waals surface area contributed by atoms with Gasteiger partial charge in [0.25, 0.3) is 0 Å². The van der Waals surface area contributed by atoms with Gasteiger partial charge in [0.2, 0.25) is 0 Å². The van der Waals surface area contributed by atoms with E-state index < -0.39 is 11.2 Å². The number of ketones is 1. The van der Waals surface area contributed by atoms with Crippen LogP contribution in [0.2, 0.25) is 0 Å². The van der Waals surface area contributed by atoms with E-state index in [4.69, 9.17) is 10.5 Å². The summed E-state index contributed by atoms with van der Waals surface area (Å²) in [5.41, 5.74) is 5.49. The van der Waals surface area contributed by atoms with Crippen molar-refractivity contribution in [1.82, 2.24) is 0 Å². The van der Waals surface area contributed by atoms with Crippen molar-refractivity contribution in [2.24, 2.45) is 5.73 Å².